The monoisotopic (exact) mass is 272 g/mol. The second-order valence-corrected chi connectivity index (χ2v) is 6.41. The summed E-state index contributed by atoms with van der Waals surface area (Å²) in [5.41, 5.74) is 5.32. The average molecular weight is 272 g/mol. The summed E-state index contributed by atoms with van der Waals surface area (Å²) < 4.78 is 25.9. The maximum absolute atomic E-state index is 12.3. The van der Waals surface area contributed by atoms with Crippen molar-refractivity contribution in [3.63, 3.8) is 0 Å². The Hall–Kier alpha value is -1.25. The standard InChI is InChI=1S/C10H16N4O3S/c1-7-6-14(3-2-9(7)15)18(16,17)8-4-12-10(11)13-5-8/h4-5,7,9,15H,2-3,6H2,1H3,(H2,11,12,13). The van der Waals surface area contributed by atoms with E-state index in [-0.39, 0.29) is 16.8 Å². The van der Waals surface area contributed by atoms with Crippen LogP contribution < -0.4 is 5.73 Å². The summed E-state index contributed by atoms with van der Waals surface area (Å²) in [7, 11) is -3.59. The van der Waals surface area contributed by atoms with Crippen molar-refractivity contribution in [2.75, 3.05) is 18.8 Å². The summed E-state index contributed by atoms with van der Waals surface area (Å²) in [5, 5.41) is 9.61. The molecule has 7 nitrogen and oxygen atoms in total. The molecule has 0 spiro atoms. The lowest BCUT2D eigenvalue weighted by Crippen LogP contribution is -2.44. The van der Waals surface area contributed by atoms with Gasteiger partial charge >= 0.3 is 0 Å². The van der Waals surface area contributed by atoms with Crippen molar-refractivity contribution in [3.8, 4) is 0 Å². The molecule has 18 heavy (non-hydrogen) atoms. The van der Waals surface area contributed by atoms with Crippen molar-refractivity contribution < 1.29 is 13.5 Å². The SMILES string of the molecule is CC1CN(S(=O)(=O)c2cnc(N)nc2)CCC1O. The van der Waals surface area contributed by atoms with Crippen LogP contribution in [0.2, 0.25) is 0 Å². The lowest BCUT2D eigenvalue weighted by Gasteiger charge is -2.33. The molecule has 2 atom stereocenters. The first kappa shape index (κ1) is 13.2. The predicted octanol–water partition coefficient (Wildman–Crippen LogP) is -0.550. The minimum atomic E-state index is -3.59. The van der Waals surface area contributed by atoms with E-state index >= 15 is 0 Å². The first-order valence-electron chi connectivity index (χ1n) is 5.67. The van der Waals surface area contributed by atoms with E-state index < -0.39 is 16.1 Å². The van der Waals surface area contributed by atoms with E-state index in [0.717, 1.165) is 0 Å². The topological polar surface area (TPSA) is 109 Å². The lowest BCUT2D eigenvalue weighted by molar-refractivity contribution is 0.0628. The molecule has 1 aromatic heterocycles. The highest BCUT2D eigenvalue weighted by Gasteiger charge is 2.32. The van der Waals surface area contributed by atoms with Gasteiger partial charge in [-0.05, 0) is 12.3 Å². The fourth-order valence-corrected chi connectivity index (χ4v) is 3.37. The van der Waals surface area contributed by atoms with Gasteiger partial charge in [0.2, 0.25) is 16.0 Å². The molecule has 0 aliphatic carbocycles. The summed E-state index contributed by atoms with van der Waals surface area (Å²) in [4.78, 5) is 7.40. The molecule has 2 heterocycles. The van der Waals surface area contributed by atoms with E-state index in [9.17, 15) is 13.5 Å². The summed E-state index contributed by atoms with van der Waals surface area (Å²) in [6.07, 6.45) is 2.40. The van der Waals surface area contributed by atoms with Crippen molar-refractivity contribution in [2.24, 2.45) is 5.92 Å². The van der Waals surface area contributed by atoms with Crippen LogP contribution in [0.4, 0.5) is 5.95 Å². The molecule has 0 saturated carbocycles. The number of piperidine rings is 1. The van der Waals surface area contributed by atoms with Gasteiger partial charge in [-0.3, -0.25) is 0 Å². The number of hydrogen-bond acceptors (Lipinski definition) is 6. The number of hydrogen-bond donors (Lipinski definition) is 2. The Morgan fingerprint density at radius 3 is 2.61 bits per heavy atom. The zero-order valence-electron chi connectivity index (χ0n) is 10.0. The van der Waals surface area contributed by atoms with Gasteiger partial charge in [0.25, 0.3) is 0 Å². The number of aliphatic hydroxyl groups excluding tert-OH is 1. The van der Waals surface area contributed by atoms with E-state index in [1.165, 1.54) is 16.7 Å². The highest BCUT2D eigenvalue weighted by Crippen LogP contribution is 2.23. The molecule has 3 N–H and O–H groups in total. The fourth-order valence-electron chi connectivity index (χ4n) is 1.92. The molecule has 8 heteroatoms. The van der Waals surface area contributed by atoms with Gasteiger partial charge in [-0.25, -0.2) is 18.4 Å². The molecule has 1 aromatic rings. The maximum atomic E-state index is 12.3. The molecule has 0 bridgehead atoms. The fraction of sp³-hybridized carbons (Fsp3) is 0.600. The molecule has 2 unspecified atom stereocenters. The Bertz CT molecular complexity index is 516. The maximum Gasteiger partial charge on any atom is 0.246 e. The number of nitrogen functional groups attached to an aromatic ring is 1. The molecule has 1 aliphatic heterocycles. The van der Waals surface area contributed by atoms with Gasteiger partial charge in [0.1, 0.15) is 4.90 Å². The number of nitrogens with two attached hydrogens (primary N) is 1. The lowest BCUT2D eigenvalue weighted by atomic mass is 9.99. The van der Waals surface area contributed by atoms with E-state index in [1.807, 2.05) is 6.92 Å². The number of nitrogens with zero attached hydrogens (tertiary/aromatic N) is 3. The highest BCUT2D eigenvalue weighted by atomic mass is 32.2. The van der Waals surface area contributed by atoms with Gasteiger partial charge in [-0.2, -0.15) is 4.31 Å². The summed E-state index contributed by atoms with van der Waals surface area (Å²) in [6, 6.07) is 0. The van der Waals surface area contributed by atoms with Gasteiger partial charge in [0.05, 0.1) is 18.5 Å². The smallest absolute Gasteiger partial charge is 0.246 e. The molecule has 0 amide bonds. The van der Waals surface area contributed by atoms with Crippen LogP contribution in [0.3, 0.4) is 0 Å². The Kier molecular flexibility index (Phi) is 3.51. The van der Waals surface area contributed by atoms with Crippen LogP contribution in [0.25, 0.3) is 0 Å². The molecule has 0 aromatic carbocycles. The van der Waals surface area contributed by atoms with E-state index in [4.69, 9.17) is 5.73 Å². The minimum absolute atomic E-state index is 0.0280. The van der Waals surface area contributed by atoms with E-state index in [2.05, 4.69) is 9.97 Å². The van der Waals surface area contributed by atoms with Gasteiger partial charge in [-0.1, -0.05) is 6.92 Å². The van der Waals surface area contributed by atoms with Crippen LogP contribution >= 0.6 is 0 Å². The summed E-state index contributed by atoms with van der Waals surface area (Å²) >= 11 is 0. The van der Waals surface area contributed by atoms with Crippen LogP contribution in [0, 0.1) is 5.92 Å². The molecule has 1 fully saturated rings. The Morgan fingerprint density at radius 2 is 2.06 bits per heavy atom. The first-order chi connectivity index (χ1) is 8.41. The normalized spacial score (nSPS) is 26.1. The molecule has 1 aliphatic rings. The molecule has 1 saturated heterocycles. The number of aromatic nitrogens is 2. The second-order valence-electron chi connectivity index (χ2n) is 4.47. The average Bonchev–Trinajstić information content (AvgIpc) is 2.33. The van der Waals surface area contributed by atoms with Crippen LogP contribution in [0.1, 0.15) is 13.3 Å². The zero-order valence-corrected chi connectivity index (χ0v) is 10.8. The summed E-state index contributed by atoms with van der Waals surface area (Å²) in [5.74, 6) is -0.0420. The number of aliphatic hydroxyl groups is 1. The van der Waals surface area contributed by atoms with Crippen molar-refractivity contribution in [1.82, 2.24) is 14.3 Å². The summed E-state index contributed by atoms with van der Waals surface area (Å²) in [6.45, 7) is 2.43. The Labute approximate surface area is 106 Å². The second kappa shape index (κ2) is 4.79. The van der Waals surface area contributed by atoms with Crippen molar-refractivity contribution in [3.05, 3.63) is 12.4 Å². The van der Waals surface area contributed by atoms with Gasteiger partial charge < -0.3 is 10.8 Å². The van der Waals surface area contributed by atoms with Crippen molar-refractivity contribution >= 4 is 16.0 Å². The zero-order chi connectivity index (χ0) is 13.3. The van der Waals surface area contributed by atoms with E-state index in [0.29, 0.717) is 19.5 Å². The van der Waals surface area contributed by atoms with Crippen LogP contribution in [-0.2, 0) is 10.0 Å². The number of rotatable bonds is 2. The van der Waals surface area contributed by atoms with Crippen LogP contribution in [-0.4, -0.2) is 47.0 Å². The highest BCUT2D eigenvalue weighted by molar-refractivity contribution is 7.89. The van der Waals surface area contributed by atoms with E-state index in [1.54, 1.807) is 0 Å². The third-order valence-electron chi connectivity index (χ3n) is 3.11. The van der Waals surface area contributed by atoms with Crippen LogP contribution in [0.5, 0.6) is 0 Å². The third kappa shape index (κ3) is 2.45. The van der Waals surface area contributed by atoms with Crippen LogP contribution in [0.15, 0.2) is 17.3 Å². The van der Waals surface area contributed by atoms with Crippen molar-refractivity contribution in [1.29, 1.82) is 0 Å². The van der Waals surface area contributed by atoms with Gasteiger partial charge in [0.15, 0.2) is 0 Å². The minimum Gasteiger partial charge on any atom is -0.393 e. The largest absolute Gasteiger partial charge is 0.393 e. The van der Waals surface area contributed by atoms with Gasteiger partial charge in [-0.15, -0.1) is 0 Å². The number of anilines is 1. The van der Waals surface area contributed by atoms with Crippen molar-refractivity contribution in [2.45, 2.75) is 24.3 Å². The Balaban J connectivity index is 2.24. The number of sulfonamides is 1. The molecule has 100 valence electrons. The molecule has 0 radical (unpaired) electrons. The third-order valence-corrected chi connectivity index (χ3v) is 4.93. The molecule has 2 rings (SSSR count). The molecular weight excluding hydrogens is 256 g/mol. The quantitative estimate of drug-likeness (QED) is 0.747. The predicted molar refractivity (Wildman–Crippen MR) is 65.0 cm³/mol. The molecular formula is C10H16N4O3S. The van der Waals surface area contributed by atoms with Gasteiger partial charge in [0, 0.05) is 13.1 Å². The first-order valence-corrected chi connectivity index (χ1v) is 7.11. The Morgan fingerprint density at radius 1 is 1.44 bits per heavy atom.